The van der Waals surface area contributed by atoms with Crippen LogP contribution in [0.1, 0.15) is 49.4 Å². The summed E-state index contributed by atoms with van der Waals surface area (Å²) in [5.74, 6) is 0.664. The average Bonchev–Trinajstić information content (AvgIpc) is 2.73. The van der Waals surface area contributed by atoms with Crippen LogP contribution in [0, 0.1) is 13.8 Å². The molecule has 0 bridgehead atoms. The van der Waals surface area contributed by atoms with Crippen LogP contribution in [-0.4, -0.2) is 8.07 Å². The van der Waals surface area contributed by atoms with Gasteiger partial charge in [-0.3, -0.25) is 0 Å². The summed E-state index contributed by atoms with van der Waals surface area (Å²) in [6, 6.07) is 17.3. The van der Waals surface area contributed by atoms with Crippen molar-refractivity contribution < 1.29 is 5.94 Å². The predicted octanol–water partition coefficient (Wildman–Crippen LogP) is 7.10. The summed E-state index contributed by atoms with van der Waals surface area (Å²) in [6.07, 6.45) is 3.68. The van der Waals surface area contributed by atoms with Gasteiger partial charge in [-0.25, -0.2) is 0 Å². The summed E-state index contributed by atoms with van der Waals surface area (Å²) in [6.45, 7) is 11.6. The van der Waals surface area contributed by atoms with E-state index in [1.165, 1.54) is 58.3 Å². The second-order valence-corrected chi connectivity index (χ2v) is 15.2. The third kappa shape index (κ3) is 3.92. The number of hydrogen-bond acceptors (Lipinski definition) is 0. The lowest BCUT2D eigenvalue weighted by atomic mass is 9.90. The van der Waals surface area contributed by atoms with Crippen molar-refractivity contribution in [3.05, 3.63) is 64.8 Å². The topological polar surface area (TPSA) is 3.88 Å². The fraction of sp³-hybridized carbons (Fsp3) is 0.444. The van der Waals surface area contributed by atoms with E-state index in [1.807, 2.05) is 0 Å². The minimum absolute atomic E-state index is 0.664. The molecule has 0 amide bonds. The molecule has 1 aliphatic rings. The van der Waals surface area contributed by atoms with E-state index in [-0.39, 0.29) is 0 Å². The van der Waals surface area contributed by atoms with E-state index in [0.29, 0.717) is 12.0 Å². The Bertz CT molecular complexity index is 1110. The fourth-order valence-electron chi connectivity index (χ4n) is 4.96. The number of aromatic nitrogens is 1. The van der Waals surface area contributed by atoms with Crippen LogP contribution in [0.3, 0.4) is 0 Å². The van der Waals surface area contributed by atoms with Crippen LogP contribution in [0.4, 0.5) is 0 Å². The second kappa shape index (κ2) is 7.72. The lowest BCUT2D eigenvalue weighted by molar-refractivity contribution is -0.665. The number of fused-ring (bicyclic) bond motifs is 1. The van der Waals surface area contributed by atoms with Crippen molar-refractivity contribution in [1.82, 2.24) is 0 Å². The normalized spacial score (nSPS) is 17.5. The molecule has 1 saturated heterocycles. The highest BCUT2D eigenvalue weighted by atomic mass is 28.3. The number of nitrogens with zero attached hydrogens (tertiary/aromatic N) is 1. The Kier molecular flexibility index (Phi) is 5.07. The number of benzene rings is 2. The number of rotatable bonds is 3. The molecule has 2 heteroatoms. The van der Waals surface area contributed by atoms with E-state index >= 15 is 0 Å². The molecule has 0 N–H and O–H groups in total. The van der Waals surface area contributed by atoms with Gasteiger partial charge < -0.3 is 0 Å². The van der Waals surface area contributed by atoms with Gasteiger partial charge in [0.15, 0.2) is 5.69 Å². The maximum Gasteiger partial charge on any atom is 0.220 e. The lowest BCUT2D eigenvalue weighted by Crippen LogP contribution is -2.35. The van der Waals surface area contributed by atoms with Crippen molar-refractivity contribution >= 4 is 18.8 Å². The molecule has 152 valence electrons. The monoisotopic (exact) mass is 403 g/mol. The minimum Gasteiger partial charge on any atom is -0.198 e. The van der Waals surface area contributed by atoms with Gasteiger partial charge in [-0.2, -0.15) is 4.57 Å². The number of pyridine rings is 1. The minimum atomic E-state index is -0.955. The van der Waals surface area contributed by atoms with E-state index in [1.54, 1.807) is 0 Å². The first-order valence-corrected chi connectivity index (χ1v) is 14.7. The van der Waals surface area contributed by atoms with Crippen LogP contribution < -0.4 is 4.57 Å². The molecule has 0 saturated carbocycles. The molecule has 0 radical (unpaired) electrons. The Morgan fingerprint density at radius 3 is 2.48 bits per heavy atom. The number of aryl methyl sites for hydroxylation is 2. The van der Waals surface area contributed by atoms with Gasteiger partial charge in [0.2, 0.25) is 5.69 Å². The van der Waals surface area contributed by atoms with Gasteiger partial charge in [0.1, 0.15) is 7.05 Å². The second-order valence-electron chi connectivity index (χ2n) is 9.86. The first-order valence-electron chi connectivity index (χ1n) is 11.7. The van der Waals surface area contributed by atoms with Crippen LogP contribution >= 0.6 is 0 Å². The molecule has 2 aromatic carbocycles. The molecule has 1 fully saturated rings. The highest BCUT2D eigenvalue weighted by molar-refractivity contribution is 6.77. The molecule has 4 rings (SSSR count). The number of hydrogen-bond donors (Lipinski definition) is 0. The molecule has 1 nitrogen and oxygen atoms in total. The quantitative estimate of drug-likeness (QED) is 0.324. The molecule has 29 heavy (non-hydrogen) atoms. The first kappa shape index (κ1) is 19.1. The molecule has 0 atom stereocenters. The van der Waals surface area contributed by atoms with E-state index < -0.39 is 8.07 Å². The Hall–Kier alpha value is -1.93. The van der Waals surface area contributed by atoms with Gasteiger partial charge in [-0.05, 0) is 66.3 Å². The lowest BCUT2D eigenvalue weighted by Gasteiger charge is -2.33. The zero-order valence-electron chi connectivity index (χ0n) is 20.0. The van der Waals surface area contributed by atoms with Crippen molar-refractivity contribution in [3.63, 3.8) is 0 Å². The fourth-order valence-corrected chi connectivity index (χ4v) is 7.47. The Balaban J connectivity index is 1.89. The van der Waals surface area contributed by atoms with Crippen LogP contribution in [0.5, 0.6) is 0 Å². The van der Waals surface area contributed by atoms with Crippen molar-refractivity contribution in [3.8, 4) is 11.3 Å². The molecule has 1 aromatic heterocycles. The van der Waals surface area contributed by atoms with E-state index in [0.717, 1.165) is 17.5 Å². The molecule has 0 unspecified atom stereocenters. The van der Waals surface area contributed by atoms with E-state index in [9.17, 15) is 0 Å². The first-order chi connectivity index (χ1) is 14.2. The van der Waals surface area contributed by atoms with Gasteiger partial charge in [0.05, 0.1) is 6.76 Å². The molecular weight excluding hydrogens is 366 g/mol. The van der Waals surface area contributed by atoms with Crippen LogP contribution in [0.2, 0.25) is 25.2 Å². The maximum absolute atomic E-state index is 8.88. The molecule has 1 aliphatic heterocycles. The van der Waals surface area contributed by atoms with Gasteiger partial charge in [-0.1, -0.05) is 56.4 Å². The summed E-state index contributed by atoms with van der Waals surface area (Å²) in [5.41, 5.74) is 7.68. The highest BCUT2D eigenvalue weighted by Gasteiger charge is 2.29. The van der Waals surface area contributed by atoms with Gasteiger partial charge in [-0.15, -0.1) is 0 Å². The summed E-state index contributed by atoms with van der Waals surface area (Å²) >= 11 is 0. The molecule has 0 spiro atoms. The van der Waals surface area contributed by atoms with Crippen molar-refractivity contribution in [2.75, 3.05) is 0 Å². The van der Waals surface area contributed by atoms with Crippen LogP contribution in [-0.2, 0) is 13.5 Å². The molecule has 3 aromatic rings. The average molecular weight is 404 g/mol. The third-order valence-electron chi connectivity index (χ3n) is 7.23. The highest BCUT2D eigenvalue weighted by Crippen LogP contribution is 2.39. The predicted molar refractivity (Wildman–Crippen MR) is 128 cm³/mol. The van der Waals surface area contributed by atoms with Crippen LogP contribution in [0.15, 0.2) is 42.4 Å². The van der Waals surface area contributed by atoms with Gasteiger partial charge >= 0.3 is 0 Å². The Morgan fingerprint density at radius 2 is 1.79 bits per heavy atom. The van der Waals surface area contributed by atoms with Crippen molar-refractivity contribution in [1.29, 1.82) is 0 Å². The zero-order valence-corrected chi connectivity index (χ0v) is 20.0. The molecule has 0 aliphatic carbocycles. The van der Waals surface area contributed by atoms with E-state index in [2.05, 4.69) is 81.9 Å². The summed E-state index contributed by atoms with van der Waals surface area (Å²) in [7, 11) is 1.16. The maximum atomic E-state index is 8.88. The zero-order chi connectivity index (χ0) is 21.6. The van der Waals surface area contributed by atoms with Crippen LogP contribution in [0.25, 0.3) is 22.0 Å². The molecular formula is C27H36NSi+. The summed E-state index contributed by atoms with van der Waals surface area (Å²) in [4.78, 5) is 0. The Morgan fingerprint density at radius 1 is 1.07 bits per heavy atom. The van der Waals surface area contributed by atoms with Gasteiger partial charge in [0, 0.05) is 26.6 Å². The molecule has 2 heterocycles. The smallest absolute Gasteiger partial charge is 0.198 e. The SMILES string of the molecule is [2H]c1c(C)[n+](C)c(-c2cc(CC)ccc2C)c2ccc(C3CC[Si](C)(C)CC3)cc12. The van der Waals surface area contributed by atoms with Crippen molar-refractivity contribution in [2.24, 2.45) is 7.05 Å². The third-order valence-corrected chi connectivity index (χ3v) is 10.5. The Labute approximate surface area is 179 Å². The van der Waals surface area contributed by atoms with Gasteiger partial charge in [0.25, 0.3) is 0 Å². The summed E-state index contributed by atoms with van der Waals surface area (Å²) < 4.78 is 11.1. The largest absolute Gasteiger partial charge is 0.220 e. The summed E-state index contributed by atoms with van der Waals surface area (Å²) in [5, 5.41) is 2.32. The van der Waals surface area contributed by atoms with E-state index in [4.69, 9.17) is 1.37 Å². The standard InChI is InChI=1S/C27H36NSi/c1-7-21-9-8-19(2)26(17-21)27-25-11-10-23(18-24(25)16-20(3)28(27)4)22-12-14-29(5,6)15-13-22/h8-11,16-18,22H,7,12-15H2,1-6H3/q+1/i16D. The van der Waals surface area contributed by atoms with Crippen molar-refractivity contribution in [2.45, 2.75) is 71.1 Å².